The molecule has 8 heteroatoms. The summed E-state index contributed by atoms with van der Waals surface area (Å²) in [5.74, 6) is -1.46. The van der Waals surface area contributed by atoms with E-state index in [0.717, 1.165) is 12.1 Å². The summed E-state index contributed by atoms with van der Waals surface area (Å²) >= 11 is 5.79. The molecule has 0 saturated carbocycles. The fourth-order valence-corrected chi connectivity index (χ4v) is 2.33. The molecule has 2 aromatic rings. The van der Waals surface area contributed by atoms with Crippen LogP contribution in [0.2, 0.25) is 5.02 Å². The summed E-state index contributed by atoms with van der Waals surface area (Å²) in [7, 11) is 1.55. The first kappa shape index (κ1) is 18.4. The van der Waals surface area contributed by atoms with Crippen molar-refractivity contribution in [3.8, 4) is 0 Å². The number of carbonyl (C=O) groups is 2. The number of halogens is 1. The van der Waals surface area contributed by atoms with Gasteiger partial charge in [-0.25, -0.2) is 4.79 Å². The molecule has 0 aliphatic rings. The summed E-state index contributed by atoms with van der Waals surface area (Å²) in [6.07, 6.45) is -1.13. The Balaban J connectivity index is 2.16. The molecular formula is C17H15ClN2O5. The molecular weight excluding hydrogens is 348 g/mol. The lowest BCUT2D eigenvalue weighted by Crippen LogP contribution is -2.37. The number of para-hydroxylation sites is 1. The van der Waals surface area contributed by atoms with Crippen LogP contribution in [0.25, 0.3) is 0 Å². The first-order valence-electron chi connectivity index (χ1n) is 7.28. The van der Waals surface area contributed by atoms with Crippen molar-refractivity contribution in [1.82, 2.24) is 0 Å². The van der Waals surface area contributed by atoms with E-state index in [1.165, 1.54) is 17.9 Å². The predicted molar refractivity (Wildman–Crippen MR) is 92.8 cm³/mol. The number of amides is 1. The standard InChI is InChI=1S/C17H15ClN2O5/c1-11(16(21)19(2)13-6-4-3-5-7-13)25-17(22)14-10-12(18)8-9-15(14)20(23)24/h3-11H,1-2H3/t11-/m0/s1. The van der Waals surface area contributed by atoms with Gasteiger partial charge >= 0.3 is 5.97 Å². The molecule has 130 valence electrons. The summed E-state index contributed by atoms with van der Waals surface area (Å²) in [4.78, 5) is 36.3. The van der Waals surface area contributed by atoms with Gasteiger partial charge in [0.1, 0.15) is 5.56 Å². The van der Waals surface area contributed by atoms with Gasteiger partial charge in [-0.1, -0.05) is 29.8 Å². The van der Waals surface area contributed by atoms with E-state index < -0.39 is 28.6 Å². The molecule has 0 N–H and O–H groups in total. The van der Waals surface area contributed by atoms with Crippen molar-refractivity contribution in [1.29, 1.82) is 0 Å². The lowest BCUT2D eigenvalue weighted by atomic mass is 10.2. The molecule has 0 fully saturated rings. The van der Waals surface area contributed by atoms with E-state index in [2.05, 4.69) is 0 Å². The van der Waals surface area contributed by atoms with Crippen LogP contribution >= 0.6 is 11.6 Å². The van der Waals surface area contributed by atoms with E-state index in [1.807, 2.05) is 6.07 Å². The van der Waals surface area contributed by atoms with Crippen LogP contribution in [0.3, 0.4) is 0 Å². The summed E-state index contributed by atoms with van der Waals surface area (Å²) < 4.78 is 5.09. The fourth-order valence-electron chi connectivity index (χ4n) is 2.16. The first-order chi connectivity index (χ1) is 11.8. The van der Waals surface area contributed by atoms with E-state index in [-0.39, 0.29) is 10.6 Å². The Kier molecular flexibility index (Phi) is 5.71. The Morgan fingerprint density at radius 1 is 1.20 bits per heavy atom. The van der Waals surface area contributed by atoms with Gasteiger partial charge in [-0.05, 0) is 31.2 Å². The van der Waals surface area contributed by atoms with Crippen LogP contribution < -0.4 is 4.90 Å². The Morgan fingerprint density at radius 3 is 2.44 bits per heavy atom. The molecule has 1 atom stereocenters. The minimum atomic E-state index is -1.13. The third-order valence-electron chi connectivity index (χ3n) is 3.48. The molecule has 0 heterocycles. The number of carbonyl (C=O) groups excluding carboxylic acids is 2. The van der Waals surface area contributed by atoms with Gasteiger partial charge in [0.25, 0.3) is 11.6 Å². The first-order valence-corrected chi connectivity index (χ1v) is 7.66. The Bertz CT molecular complexity index is 810. The third kappa shape index (κ3) is 4.33. The van der Waals surface area contributed by atoms with Crippen LogP contribution in [0.4, 0.5) is 11.4 Å². The average molecular weight is 363 g/mol. The molecule has 7 nitrogen and oxygen atoms in total. The third-order valence-corrected chi connectivity index (χ3v) is 3.72. The van der Waals surface area contributed by atoms with Crippen LogP contribution in [0.1, 0.15) is 17.3 Å². The molecule has 0 radical (unpaired) electrons. The second-order valence-electron chi connectivity index (χ2n) is 5.20. The smallest absolute Gasteiger partial charge is 0.345 e. The lowest BCUT2D eigenvalue weighted by molar-refractivity contribution is -0.385. The van der Waals surface area contributed by atoms with Gasteiger partial charge in [0.15, 0.2) is 6.10 Å². The van der Waals surface area contributed by atoms with E-state index >= 15 is 0 Å². The monoisotopic (exact) mass is 362 g/mol. The summed E-state index contributed by atoms with van der Waals surface area (Å²) in [5.41, 5.74) is -0.117. The van der Waals surface area contributed by atoms with Gasteiger partial charge in [-0.15, -0.1) is 0 Å². The minimum Gasteiger partial charge on any atom is -0.449 e. The largest absolute Gasteiger partial charge is 0.449 e. The van der Waals surface area contributed by atoms with Crippen molar-refractivity contribution < 1.29 is 19.2 Å². The molecule has 0 aromatic heterocycles. The molecule has 2 rings (SSSR count). The molecule has 0 unspecified atom stereocenters. The molecule has 0 saturated heterocycles. The second kappa shape index (κ2) is 7.76. The molecule has 2 aromatic carbocycles. The maximum atomic E-state index is 12.4. The number of esters is 1. The SMILES string of the molecule is C[C@H](OC(=O)c1cc(Cl)ccc1[N+](=O)[O-])C(=O)N(C)c1ccccc1. The minimum absolute atomic E-state index is 0.151. The van der Waals surface area contributed by atoms with Gasteiger partial charge in [0.05, 0.1) is 4.92 Å². The summed E-state index contributed by atoms with van der Waals surface area (Å²) in [5, 5.41) is 11.2. The van der Waals surface area contributed by atoms with E-state index in [0.29, 0.717) is 5.69 Å². The highest BCUT2D eigenvalue weighted by molar-refractivity contribution is 6.31. The lowest BCUT2D eigenvalue weighted by Gasteiger charge is -2.21. The summed E-state index contributed by atoms with van der Waals surface area (Å²) in [6, 6.07) is 12.4. The fraction of sp³-hybridized carbons (Fsp3) is 0.176. The number of rotatable bonds is 5. The van der Waals surface area contributed by atoms with E-state index in [4.69, 9.17) is 16.3 Å². The van der Waals surface area contributed by atoms with Crippen molar-refractivity contribution in [3.05, 3.63) is 69.2 Å². The van der Waals surface area contributed by atoms with Crippen molar-refractivity contribution in [2.24, 2.45) is 0 Å². The van der Waals surface area contributed by atoms with Crippen LogP contribution in [-0.2, 0) is 9.53 Å². The van der Waals surface area contributed by atoms with Crippen molar-refractivity contribution in [2.75, 3.05) is 11.9 Å². The number of ether oxygens (including phenoxy) is 1. The average Bonchev–Trinajstić information content (AvgIpc) is 2.60. The zero-order valence-electron chi connectivity index (χ0n) is 13.5. The predicted octanol–water partition coefficient (Wildman–Crippen LogP) is 3.46. The number of likely N-dealkylation sites (N-methyl/N-ethyl adjacent to an activating group) is 1. The van der Waals surface area contributed by atoms with Crippen molar-refractivity contribution in [2.45, 2.75) is 13.0 Å². The van der Waals surface area contributed by atoms with Gasteiger partial charge in [0, 0.05) is 23.8 Å². The Morgan fingerprint density at radius 2 is 1.84 bits per heavy atom. The number of nitrogens with zero attached hydrogens (tertiary/aromatic N) is 2. The quantitative estimate of drug-likeness (QED) is 0.461. The number of benzene rings is 2. The van der Waals surface area contributed by atoms with Crippen molar-refractivity contribution >= 4 is 34.9 Å². The van der Waals surface area contributed by atoms with Crippen LogP contribution in [0.15, 0.2) is 48.5 Å². The molecule has 0 spiro atoms. The van der Waals surface area contributed by atoms with Crippen molar-refractivity contribution in [3.63, 3.8) is 0 Å². The molecule has 25 heavy (non-hydrogen) atoms. The van der Waals surface area contributed by atoms with Gasteiger partial charge in [-0.3, -0.25) is 14.9 Å². The number of hydrogen-bond donors (Lipinski definition) is 0. The topological polar surface area (TPSA) is 89.7 Å². The van der Waals surface area contributed by atoms with Crippen LogP contribution in [-0.4, -0.2) is 30.0 Å². The number of nitro benzene ring substituents is 1. The Hall–Kier alpha value is -2.93. The zero-order chi connectivity index (χ0) is 18.6. The number of anilines is 1. The molecule has 0 bridgehead atoms. The maximum Gasteiger partial charge on any atom is 0.345 e. The Labute approximate surface area is 148 Å². The zero-order valence-corrected chi connectivity index (χ0v) is 14.3. The highest BCUT2D eigenvalue weighted by Crippen LogP contribution is 2.24. The van der Waals surface area contributed by atoms with Gasteiger partial charge < -0.3 is 9.64 Å². The number of hydrogen-bond acceptors (Lipinski definition) is 5. The molecule has 0 aliphatic heterocycles. The van der Waals surface area contributed by atoms with Crippen LogP contribution in [0.5, 0.6) is 0 Å². The highest BCUT2D eigenvalue weighted by Gasteiger charge is 2.27. The maximum absolute atomic E-state index is 12.4. The van der Waals surface area contributed by atoms with Crippen LogP contribution in [0, 0.1) is 10.1 Å². The molecule has 0 aliphatic carbocycles. The van der Waals surface area contributed by atoms with Gasteiger partial charge in [-0.2, -0.15) is 0 Å². The second-order valence-corrected chi connectivity index (χ2v) is 5.64. The van der Waals surface area contributed by atoms with E-state index in [1.54, 1.807) is 31.3 Å². The van der Waals surface area contributed by atoms with Gasteiger partial charge in [0.2, 0.25) is 0 Å². The summed E-state index contributed by atoms with van der Waals surface area (Å²) in [6.45, 7) is 1.40. The molecule has 1 amide bonds. The normalized spacial score (nSPS) is 11.5. The highest BCUT2D eigenvalue weighted by atomic mass is 35.5. The van der Waals surface area contributed by atoms with E-state index in [9.17, 15) is 19.7 Å². The number of nitro groups is 1.